The first-order valence-corrected chi connectivity index (χ1v) is 4.62. The maximum atomic E-state index is 11.6. The van der Waals surface area contributed by atoms with E-state index >= 15 is 0 Å². The normalized spacial score (nSPS) is 33.1. The maximum absolute atomic E-state index is 11.6. The lowest BCUT2D eigenvalue weighted by atomic mass is 10.3. The number of amides is 2. The van der Waals surface area contributed by atoms with E-state index in [9.17, 15) is 9.59 Å². The fourth-order valence-electron chi connectivity index (χ4n) is 2.12. The SMILES string of the molecule is [C-]#[N+][C@@H]1C[C@@H]2C[C@@H]2N1C(=O)CNC=O. The molecular weight excluding hydrogens is 182 g/mol. The number of nitrogens with zero attached hydrogens (tertiary/aromatic N) is 2. The number of likely N-dealkylation sites (tertiary alicyclic amines) is 1. The van der Waals surface area contributed by atoms with E-state index in [1.54, 1.807) is 4.90 Å². The molecule has 0 aromatic carbocycles. The first kappa shape index (κ1) is 9.00. The summed E-state index contributed by atoms with van der Waals surface area (Å²) in [5.74, 6) is 0.400. The average Bonchev–Trinajstić information content (AvgIpc) is 2.86. The van der Waals surface area contributed by atoms with Gasteiger partial charge in [0.15, 0.2) is 0 Å². The number of nitrogens with one attached hydrogen (secondary N) is 1. The molecule has 1 N–H and O–H groups in total. The van der Waals surface area contributed by atoms with Gasteiger partial charge in [-0.2, -0.15) is 0 Å². The molecule has 2 fully saturated rings. The Labute approximate surface area is 81.9 Å². The Bertz CT molecular complexity index is 310. The third-order valence-electron chi connectivity index (χ3n) is 2.85. The zero-order chi connectivity index (χ0) is 10.1. The molecule has 1 aliphatic heterocycles. The van der Waals surface area contributed by atoms with Crippen molar-refractivity contribution in [1.82, 2.24) is 10.2 Å². The highest BCUT2D eigenvalue weighted by Gasteiger charge is 2.57. The number of hydrogen-bond acceptors (Lipinski definition) is 2. The molecule has 1 saturated carbocycles. The van der Waals surface area contributed by atoms with Crippen LogP contribution in [0.1, 0.15) is 12.8 Å². The first-order valence-electron chi connectivity index (χ1n) is 4.62. The minimum atomic E-state index is -0.292. The molecule has 2 aliphatic rings. The summed E-state index contributed by atoms with van der Waals surface area (Å²) in [5, 5.41) is 2.33. The van der Waals surface area contributed by atoms with Crippen molar-refractivity contribution in [1.29, 1.82) is 0 Å². The lowest BCUT2D eigenvalue weighted by Crippen LogP contribution is -2.41. The Balaban J connectivity index is 1.98. The summed E-state index contributed by atoms with van der Waals surface area (Å²) in [5.41, 5.74) is 0. The fourth-order valence-corrected chi connectivity index (χ4v) is 2.12. The Morgan fingerprint density at radius 3 is 3.07 bits per heavy atom. The Hall–Kier alpha value is -1.57. The van der Waals surface area contributed by atoms with Gasteiger partial charge in [0.1, 0.15) is 0 Å². The number of rotatable bonds is 3. The molecule has 0 aromatic heterocycles. The molecule has 1 aliphatic carbocycles. The molecule has 0 spiro atoms. The molecule has 0 radical (unpaired) electrons. The molecule has 5 nitrogen and oxygen atoms in total. The molecule has 2 rings (SSSR count). The van der Waals surface area contributed by atoms with E-state index in [4.69, 9.17) is 6.57 Å². The third kappa shape index (κ3) is 1.33. The summed E-state index contributed by atoms with van der Waals surface area (Å²) in [6.07, 6.45) is 2.05. The maximum Gasteiger partial charge on any atom is 0.301 e. The van der Waals surface area contributed by atoms with Gasteiger partial charge in [0.05, 0.1) is 6.54 Å². The van der Waals surface area contributed by atoms with E-state index in [1.165, 1.54) is 0 Å². The van der Waals surface area contributed by atoms with Gasteiger partial charge in [-0.1, -0.05) is 0 Å². The smallest absolute Gasteiger partial charge is 0.301 e. The molecule has 1 heterocycles. The lowest BCUT2D eigenvalue weighted by Gasteiger charge is -2.18. The van der Waals surface area contributed by atoms with Crippen molar-refractivity contribution in [3.05, 3.63) is 11.4 Å². The minimum absolute atomic E-state index is 0.0126. The van der Waals surface area contributed by atoms with Gasteiger partial charge in [0.2, 0.25) is 12.3 Å². The van der Waals surface area contributed by atoms with Gasteiger partial charge >= 0.3 is 6.17 Å². The van der Waals surface area contributed by atoms with Gasteiger partial charge in [-0.3, -0.25) is 19.3 Å². The van der Waals surface area contributed by atoms with Crippen molar-refractivity contribution >= 4 is 12.3 Å². The zero-order valence-electron chi connectivity index (χ0n) is 7.64. The van der Waals surface area contributed by atoms with E-state index in [0.29, 0.717) is 12.3 Å². The predicted molar refractivity (Wildman–Crippen MR) is 47.8 cm³/mol. The van der Waals surface area contributed by atoms with Gasteiger partial charge in [-0.25, -0.2) is 6.57 Å². The largest absolute Gasteiger partial charge is 0.350 e. The second-order valence-electron chi connectivity index (χ2n) is 3.71. The van der Waals surface area contributed by atoms with Crippen molar-refractivity contribution in [2.24, 2.45) is 5.92 Å². The van der Waals surface area contributed by atoms with Crippen LogP contribution in [-0.2, 0) is 9.59 Å². The number of carbonyl (C=O) groups is 2. The minimum Gasteiger partial charge on any atom is -0.350 e. The zero-order valence-corrected chi connectivity index (χ0v) is 7.64. The second kappa shape index (κ2) is 3.29. The van der Waals surface area contributed by atoms with Crippen LogP contribution in [0, 0.1) is 12.5 Å². The Morgan fingerprint density at radius 1 is 1.64 bits per heavy atom. The van der Waals surface area contributed by atoms with Crippen LogP contribution in [0.15, 0.2) is 0 Å². The molecule has 3 atom stereocenters. The van der Waals surface area contributed by atoms with Gasteiger partial charge in [-0.05, 0) is 12.3 Å². The molecule has 2 amide bonds. The van der Waals surface area contributed by atoms with E-state index < -0.39 is 0 Å². The van der Waals surface area contributed by atoms with E-state index in [1.807, 2.05) is 0 Å². The summed E-state index contributed by atoms with van der Waals surface area (Å²) in [6, 6.07) is 0.273. The molecule has 1 saturated heterocycles. The van der Waals surface area contributed by atoms with Crippen LogP contribution in [0.25, 0.3) is 4.85 Å². The summed E-state index contributed by atoms with van der Waals surface area (Å²) in [4.78, 5) is 26.6. The average molecular weight is 193 g/mol. The molecule has 14 heavy (non-hydrogen) atoms. The summed E-state index contributed by atoms with van der Waals surface area (Å²) >= 11 is 0. The molecule has 0 unspecified atom stereocenters. The fraction of sp³-hybridized carbons (Fsp3) is 0.667. The van der Waals surface area contributed by atoms with E-state index in [2.05, 4.69) is 10.2 Å². The molecular formula is C9H11N3O2. The van der Waals surface area contributed by atoms with Crippen molar-refractivity contribution < 1.29 is 9.59 Å². The van der Waals surface area contributed by atoms with Crippen molar-refractivity contribution in [3.63, 3.8) is 0 Å². The number of fused-ring (bicyclic) bond motifs is 1. The quantitative estimate of drug-likeness (QED) is 0.489. The second-order valence-corrected chi connectivity index (χ2v) is 3.71. The van der Waals surface area contributed by atoms with Crippen molar-refractivity contribution in [3.8, 4) is 0 Å². The molecule has 74 valence electrons. The molecule has 0 aromatic rings. The van der Waals surface area contributed by atoms with Crippen LogP contribution < -0.4 is 5.32 Å². The van der Waals surface area contributed by atoms with Crippen LogP contribution in [0.3, 0.4) is 0 Å². The van der Waals surface area contributed by atoms with E-state index in [-0.39, 0.29) is 24.7 Å². The lowest BCUT2D eigenvalue weighted by molar-refractivity contribution is -0.132. The summed E-state index contributed by atoms with van der Waals surface area (Å²) in [7, 11) is 0. The van der Waals surface area contributed by atoms with Crippen LogP contribution in [0.5, 0.6) is 0 Å². The number of piperidine rings is 1. The Morgan fingerprint density at radius 2 is 2.43 bits per heavy atom. The van der Waals surface area contributed by atoms with Gasteiger partial charge in [0, 0.05) is 12.5 Å². The highest BCUT2D eigenvalue weighted by atomic mass is 16.2. The number of carbonyl (C=O) groups excluding carboxylic acids is 2. The molecule has 5 heteroatoms. The highest BCUT2D eigenvalue weighted by molar-refractivity contribution is 5.81. The van der Waals surface area contributed by atoms with Crippen LogP contribution in [0.4, 0.5) is 0 Å². The van der Waals surface area contributed by atoms with Crippen LogP contribution in [0.2, 0.25) is 0 Å². The van der Waals surface area contributed by atoms with Crippen LogP contribution >= 0.6 is 0 Å². The Kier molecular flexibility index (Phi) is 2.12. The van der Waals surface area contributed by atoms with Crippen molar-refractivity contribution in [2.75, 3.05) is 6.54 Å². The highest BCUT2D eigenvalue weighted by Crippen LogP contribution is 2.48. The third-order valence-corrected chi connectivity index (χ3v) is 2.85. The standard InChI is InChI=1S/C9H11N3O2/c1-10-8-3-6-2-7(6)12(8)9(14)4-11-5-13/h5-8H,2-4H2,(H,11,13)/t6-,7-,8-/m0/s1. The first-order chi connectivity index (χ1) is 6.77. The predicted octanol–water partition coefficient (Wildman–Crippen LogP) is -0.401. The topological polar surface area (TPSA) is 53.8 Å². The van der Waals surface area contributed by atoms with Gasteiger partial charge in [0.25, 0.3) is 0 Å². The monoisotopic (exact) mass is 193 g/mol. The van der Waals surface area contributed by atoms with E-state index in [0.717, 1.165) is 12.8 Å². The summed E-state index contributed by atoms with van der Waals surface area (Å²) in [6.45, 7) is 6.97. The van der Waals surface area contributed by atoms with Crippen molar-refractivity contribution in [2.45, 2.75) is 25.0 Å². The van der Waals surface area contributed by atoms with Gasteiger partial charge in [-0.15, -0.1) is 0 Å². The molecule has 0 bridgehead atoms. The number of hydrogen-bond donors (Lipinski definition) is 1. The van der Waals surface area contributed by atoms with Crippen LogP contribution in [-0.4, -0.2) is 36.0 Å². The van der Waals surface area contributed by atoms with Gasteiger partial charge < -0.3 is 5.32 Å². The summed E-state index contributed by atoms with van der Waals surface area (Å²) < 4.78 is 0.